The number of hydrogen-bond acceptors (Lipinski definition) is 1. The molecule has 1 rings (SSSR count). The van der Waals surface area contributed by atoms with E-state index in [2.05, 4.69) is 41.5 Å². The van der Waals surface area contributed by atoms with Gasteiger partial charge in [0.25, 0.3) is 0 Å². The average Bonchev–Trinajstić information content (AvgIpc) is 2.82. The van der Waals surface area contributed by atoms with E-state index in [0.29, 0.717) is 6.10 Å². The van der Waals surface area contributed by atoms with Gasteiger partial charge in [0, 0.05) is 17.8 Å². The normalized spacial score (nSPS) is 20.6. The van der Waals surface area contributed by atoms with Crippen molar-refractivity contribution in [3.8, 4) is 0 Å². The van der Waals surface area contributed by atoms with Crippen LogP contribution in [-0.4, -0.2) is 43.4 Å². The van der Waals surface area contributed by atoms with Gasteiger partial charge in [-0.2, -0.15) is 0 Å². The fourth-order valence-corrected chi connectivity index (χ4v) is 3.38. The number of epoxide rings is 1. The highest BCUT2D eigenvalue weighted by Crippen LogP contribution is 2.23. The van der Waals surface area contributed by atoms with E-state index in [9.17, 15) is 0 Å². The van der Waals surface area contributed by atoms with Gasteiger partial charge in [0.1, 0.15) is 12.6 Å². The first kappa shape index (κ1) is 15.0. The zero-order valence-electron chi connectivity index (χ0n) is 12.7. The Balaban J connectivity index is 2.72. The number of rotatable bonds is 8. The standard InChI is InChI=1S/C15H32NO/c1-12(2)7-16(8-13(3)4,9-14(5)6)10-15-11-17-15/h12-15H,7-11H2,1-6H3/q+1. The Bertz CT molecular complexity index is 183. The number of nitrogens with zero attached hydrogens (tertiary/aromatic N) is 1. The lowest BCUT2D eigenvalue weighted by atomic mass is 10.0. The summed E-state index contributed by atoms with van der Waals surface area (Å²) < 4.78 is 6.75. The summed E-state index contributed by atoms with van der Waals surface area (Å²) in [7, 11) is 0. The maximum absolute atomic E-state index is 5.49. The van der Waals surface area contributed by atoms with Crippen molar-refractivity contribution < 1.29 is 9.22 Å². The molecule has 1 heterocycles. The van der Waals surface area contributed by atoms with E-state index in [4.69, 9.17) is 4.74 Å². The Hall–Kier alpha value is -0.0800. The fourth-order valence-electron chi connectivity index (χ4n) is 3.38. The summed E-state index contributed by atoms with van der Waals surface area (Å²) in [5.74, 6) is 2.31. The molecule has 1 fully saturated rings. The molecule has 1 unspecified atom stereocenters. The topological polar surface area (TPSA) is 12.5 Å². The van der Waals surface area contributed by atoms with Crippen molar-refractivity contribution in [2.75, 3.05) is 32.8 Å². The Labute approximate surface area is 108 Å². The first-order valence-corrected chi connectivity index (χ1v) is 7.29. The molecule has 1 saturated heterocycles. The van der Waals surface area contributed by atoms with Gasteiger partial charge in [0.2, 0.25) is 0 Å². The first-order valence-electron chi connectivity index (χ1n) is 7.29. The zero-order valence-corrected chi connectivity index (χ0v) is 12.7. The number of ether oxygens (including phenoxy) is 1. The minimum atomic E-state index is 0.547. The van der Waals surface area contributed by atoms with Crippen LogP contribution in [0, 0.1) is 17.8 Å². The first-order chi connectivity index (χ1) is 7.83. The molecule has 102 valence electrons. The summed E-state index contributed by atoms with van der Waals surface area (Å²) in [6, 6.07) is 0. The van der Waals surface area contributed by atoms with Crippen LogP contribution in [0.2, 0.25) is 0 Å². The van der Waals surface area contributed by atoms with Crippen LogP contribution in [0.5, 0.6) is 0 Å². The minimum absolute atomic E-state index is 0.547. The molecule has 0 aromatic rings. The van der Waals surface area contributed by atoms with Gasteiger partial charge >= 0.3 is 0 Å². The maximum Gasteiger partial charge on any atom is 0.130 e. The predicted molar refractivity (Wildman–Crippen MR) is 74.0 cm³/mol. The van der Waals surface area contributed by atoms with E-state index in [1.807, 2.05) is 0 Å². The minimum Gasteiger partial charge on any atom is -0.367 e. The van der Waals surface area contributed by atoms with Gasteiger partial charge in [-0.25, -0.2) is 0 Å². The van der Waals surface area contributed by atoms with Crippen molar-refractivity contribution in [1.29, 1.82) is 0 Å². The monoisotopic (exact) mass is 242 g/mol. The average molecular weight is 242 g/mol. The lowest BCUT2D eigenvalue weighted by Gasteiger charge is -2.42. The third-order valence-corrected chi connectivity index (χ3v) is 3.25. The Kier molecular flexibility index (Phi) is 5.46. The molecule has 0 amide bonds. The van der Waals surface area contributed by atoms with Gasteiger partial charge in [-0.05, 0) is 0 Å². The molecular formula is C15H32NO+. The van der Waals surface area contributed by atoms with Gasteiger partial charge in [-0.3, -0.25) is 0 Å². The largest absolute Gasteiger partial charge is 0.367 e. The highest BCUT2D eigenvalue weighted by Gasteiger charge is 2.38. The van der Waals surface area contributed by atoms with E-state index in [1.165, 1.54) is 30.7 Å². The molecule has 1 aliphatic heterocycles. The molecule has 0 N–H and O–H groups in total. The van der Waals surface area contributed by atoms with E-state index in [-0.39, 0.29) is 0 Å². The lowest BCUT2D eigenvalue weighted by Crippen LogP contribution is -2.56. The van der Waals surface area contributed by atoms with Crippen LogP contribution in [-0.2, 0) is 4.74 Å². The molecule has 0 aromatic carbocycles. The van der Waals surface area contributed by atoms with Crippen molar-refractivity contribution >= 4 is 0 Å². The molecule has 2 nitrogen and oxygen atoms in total. The van der Waals surface area contributed by atoms with Crippen LogP contribution in [0.1, 0.15) is 41.5 Å². The van der Waals surface area contributed by atoms with Gasteiger partial charge in [-0.15, -0.1) is 0 Å². The van der Waals surface area contributed by atoms with Gasteiger partial charge in [0.15, 0.2) is 0 Å². The summed E-state index contributed by atoms with van der Waals surface area (Å²) >= 11 is 0. The molecule has 17 heavy (non-hydrogen) atoms. The molecule has 1 atom stereocenters. The van der Waals surface area contributed by atoms with Crippen molar-refractivity contribution in [3.63, 3.8) is 0 Å². The summed E-state index contributed by atoms with van der Waals surface area (Å²) in [6.45, 7) is 20.2. The van der Waals surface area contributed by atoms with Crippen molar-refractivity contribution in [2.24, 2.45) is 17.8 Å². The highest BCUT2D eigenvalue weighted by atomic mass is 16.6. The predicted octanol–water partition coefficient (Wildman–Crippen LogP) is 3.17. The van der Waals surface area contributed by atoms with Gasteiger partial charge in [-0.1, -0.05) is 41.5 Å². The van der Waals surface area contributed by atoms with Crippen LogP contribution >= 0.6 is 0 Å². The molecule has 1 aliphatic rings. The summed E-state index contributed by atoms with van der Waals surface area (Å²) in [6.07, 6.45) is 0.547. The van der Waals surface area contributed by atoms with Crippen molar-refractivity contribution in [2.45, 2.75) is 47.6 Å². The number of quaternary nitrogens is 1. The second kappa shape index (κ2) is 6.19. The molecule has 0 aliphatic carbocycles. The van der Waals surface area contributed by atoms with Gasteiger partial charge in [0.05, 0.1) is 26.2 Å². The highest BCUT2D eigenvalue weighted by molar-refractivity contribution is 4.70. The molecule has 0 bridgehead atoms. The van der Waals surface area contributed by atoms with E-state index < -0.39 is 0 Å². The maximum atomic E-state index is 5.49. The SMILES string of the molecule is CC(C)C[N+](CC(C)C)(CC(C)C)CC1CO1. The Morgan fingerprint density at radius 3 is 1.47 bits per heavy atom. The van der Waals surface area contributed by atoms with Gasteiger partial charge < -0.3 is 9.22 Å². The molecular weight excluding hydrogens is 210 g/mol. The van der Waals surface area contributed by atoms with Crippen LogP contribution in [0.4, 0.5) is 0 Å². The molecule has 0 saturated carbocycles. The Morgan fingerprint density at radius 1 is 0.882 bits per heavy atom. The quantitative estimate of drug-likeness (QED) is 0.470. The summed E-state index contributed by atoms with van der Waals surface area (Å²) in [5, 5.41) is 0. The molecule has 0 spiro atoms. The van der Waals surface area contributed by atoms with Crippen LogP contribution < -0.4 is 0 Å². The third-order valence-electron chi connectivity index (χ3n) is 3.25. The smallest absolute Gasteiger partial charge is 0.130 e. The summed E-state index contributed by atoms with van der Waals surface area (Å²) in [5.41, 5.74) is 0. The van der Waals surface area contributed by atoms with Crippen LogP contribution in [0.25, 0.3) is 0 Å². The van der Waals surface area contributed by atoms with E-state index in [1.54, 1.807) is 0 Å². The van der Waals surface area contributed by atoms with Crippen molar-refractivity contribution in [1.82, 2.24) is 0 Å². The van der Waals surface area contributed by atoms with Crippen LogP contribution in [0.3, 0.4) is 0 Å². The number of hydrogen-bond donors (Lipinski definition) is 0. The second-order valence-corrected chi connectivity index (χ2v) is 7.21. The van der Waals surface area contributed by atoms with E-state index >= 15 is 0 Å². The zero-order chi connectivity index (χ0) is 13.1. The fraction of sp³-hybridized carbons (Fsp3) is 1.00. The molecule has 0 aromatic heterocycles. The van der Waals surface area contributed by atoms with E-state index in [0.717, 1.165) is 24.4 Å². The van der Waals surface area contributed by atoms with Crippen LogP contribution in [0.15, 0.2) is 0 Å². The second-order valence-electron chi connectivity index (χ2n) is 7.21. The molecule has 2 heteroatoms. The molecule has 0 radical (unpaired) electrons. The third kappa shape index (κ3) is 5.87. The van der Waals surface area contributed by atoms with Crippen molar-refractivity contribution in [3.05, 3.63) is 0 Å². The summed E-state index contributed by atoms with van der Waals surface area (Å²) in [4.78, 5) is 0. The lowest BCUT2D eigenvalue weighted by molar-refractivity contribution is -0.936. The Morgan fingerprint density at radius 2 is 1.24 bits per heavy atom.